The van der Waals surface area contributed by atoms with Gasteiger partial charge >= 0.3 is 0 Å². The zero-order chi connectivity index (χ0) is 21.1. The lowest BCUT2D eigenvalue weighted by atomic mass is 10.1. The number of carbonyl (C=O) groups excluding carboxylic acids is 1. The van der Waals surface area contributed by atoms with E-state index in [2.05, 4.69) is 49.4 Å². The molecular weight excluding hydrogens is 378 g/mol. The van der Waals surface area contributed by atoms with Crippen molar-refractivity contribution in [2.45, 2.75) is 26.3 Å². The lowest BCUT2D eigenvalue weighted by molar-refractivity contribution is -0.121. The topological polar surface area (TPSA) is 78.7 Å². The first-order chi connectivity index (χ1) is 14.5. The molecule has 3 aromatic rings. The molecule has 1 fully saturated rings. The van der Waals surface area contributed by atoms with Crippen LogP contribution in [0.4, 0.5) is 0 Å². The van der Waals surface area contributed by atoms with Gasteiger partial charge in [-0.2, -0.15) is 4.98 Å². The summed E-state index contributed by atoms with van der Waals surface area (Å²) >= 11 is 0. The number of hydrogen-bond donors (Lipinski definition) is 1. The van der Waals surface area contributed by atoms with Gasteiger partial charge in [-0.1, -0.05) is 30.3 Å². The highest BCUT2D eigenvalue weighted by Crippen LogP contribution is 2.16. The molecule has 1 amide bonds. The highest BCUT2D eigenvalue weighted by Gasteiger charge is 2.22. The Labute approximate surface area is 176 Å². The number of amides is 1. The van der Waals surface area contributed by atoms with E-state index in [9.17, 15) is 4.79 Å². The first-order valence-electron chi connectivity index (χ1n) is 10.4. The van der Waals surface area contributed by atoms with Crippen LogP contribution in [0.2, 0.25) is 0 Å². The van der Waals surface area contributed by atoms with E-state index in [0.29, 0.717) is 11.6 Å². The standard InChI is InChI=1S/C22H29N7O/c1-16-13-17(2)29-22(23-16)25-20(26-29)14-21(30)24-19(18-7-5-4-6-8-18)15-28-11-9-27(3)10-12-28/h4-8,13,19H,9-12,14-15H2,1-3H3,(H,24,30). The van der Waals surface area contributed by atoms with Gasteiger partial charge in [-0.15, -0.1) is 5.10 Å². The molecule has 0 saturated carbocycles. The number of piperazine rings is 1. The SMILES string of the molecule is Cc1cc(C)n2nc(CC(=O)NC(CN3CCN(C)CC3)c3ccccc3)nc2n1. The quantitative estimate of drug-likeness (QED) is 0.665. The lowest BCUT2D eigenvalue weighted by Gasteiger charge is -2.35. The fourth-order valence-electron chi connectivity index (χ4n) is 3.88. The molecule has 1 unspecified atom stereocenters. The molecular formula is C22H29N7O. The van der Waals surface area contributed by atoms with Gasteiger partial charge in [0.1, 0.15) is 0 Å². The Kier molecular flexibility index (Phi) is 6.06. The van der Waals surface area contributed by atoms with Gasteiger partial charge in [0.2, 0.25) is 5.91 Å². The molecule has 30 heavy (non-hydrogen) atoms. The van der Waals surface area contributed by atoms with Crippen LogP contribution in [0.1, 0.15) is 28.8 Å². The number of nitrogens with zero attached hydrogens (tertiary/aromatic N) is 6. The van der Waals surface area contributed by atoms with Gasteiger partial charge in [-0.05, 0) is 32.5 Å². The summed E-state index contributed by atoms with van der Waals surface area (Å²) in [6, 6.07) is 12.0. The minimum Gasteiger partial charge on any atom is -0.348 e. The van der Waals surface area contributed by atoms with E-state index in [0.717, 1.165) is 49.7 Å². The fourth-order valence-corrected chi connectivity index (χ4v) is 3.88. The van der Waals surface area contributed by atoms with Gasteiger partial charge in [0.05, 0.1) is 12.5 Å². The molecule has 8 nitrogen and oxygen atoms in total. The molecule has 0 spiro atoms. The van der Waals surface area contributed by atoms with Gasteiger partial charge in [-0.3, -0.25) is 9.69 Å². The van der Waals surface area contributed by atoms with Crippen LogP contribution in [0, 0.1) is 13.8 Å². The third kappa shape index (κ3) is 4.83. The molecule has 1 saturated heterocycles. The highest BCUT2D eigenvalue weighted by molar-refractivity contribution is 5.78. The lowest BCUT2D eigenvalue weighted by Crippen LogP contribution is -2.48. The molecule has 4 rings (SSSR count). The van der Waals surface area contributed by atoms with Crippen LogP contribution in [0.5, 0.6) is 0 Å². The smallest absolute Gasteiger partial charge is 0.252 e. The number of rotatable bonds is 6. The van der Waals surface area contributed by atoms with Crippen molar-refractivity contribution in [1.29, 1.82) is 0 Å². The van der Waals surface area contributed by atoms with Crippen LogP contribution in [0.15, 0.2) is 36.4 Å². The summed E-state index contributed by atoms with van der Waals surface area (Å²) in [5.41, 5.74) is 2.95. The maximum atomic E-state index is 12.9. The summed E-state index contributed by atoms with van der Waals surface area (Å²) < 4.78 is 1.69. The number of hydrogen-bond acceptors (Lipinski definition) is 6. The summed E-state index contributed by atoms with van der Waals surface area (Å²) in [5.74, 6) is 0.940. The average molecular weight is 408 g/mol. The molecule has 1 atom stereocenters. The van der Waals surface area contributed by atoms with Crippen molar-refractivity contribution in [3.05, 3.63) is 59.2 Å². The van der Waals surface area contributed by atoms with E-state index < -0.39 is 0 Å². The summed E-state index contributed by atoms with van der Waals surface area (Å²) in [6.45, 7) is 8.79. The van der Waals surface area contributed by atoms with Crippen molar-refractivity contribution in [3.63, 3.8) is 0 Å². The van der Waals surface area contributed by atoms with Crippen molar-refractivity contribution < 1.29 is 4.79 Å². The van der Waals surface area contributed by atoms with Gasteiger partial charge in [0.25, 0.3) is 5.78 Å². The number of likely N-dealkylation sites (N-methyl/N-ethyl adjacent to an activating group) is 1. The van der Waals surface area contributed by atoms with E-state index in [4.69, 9.17) is 0 Å². The number of nitrogens with one attached hydrogen (secondary N) is 1. The van der Waals surface area contributed by atoms with Gasteiger partial charge in [-0.25, -0.2) is 9.50 Å². The van der Waals surface area contributed by atoms with Gasteiger partial charge < -0.3 is 10.2 Å². The number of aromatic nitrogens is 4. The molecule has 0 aliphatic carbocycles. The van der Waals surface area contributed by atoms with Crippen LogP contribution >= 0.6 is 0 Å². The average Bonchev–Trinajstić information content (AvgIpc) is 3.12. The van der Waals surface area contributed by atoms with Crippen molar-refractivity contribution in [2.24, 2.45) is 0 Å². The minimum atomic E-state index is -0.0803. The highest BCUT2D eigenvalue weighted by atomic mass is 16.1. The predicted molar refractivity (Wildman–Crippen MR) is 115 cm³/mol. The first kappa shape index (κ1) is 20.4. The third-order valence-electron chi connectivity index (χ3n) is 5.55. The van der Waals surface area contributed by atoms with Crippen molar-refractivity contribution in [1.82, 2.24) is 34.7 Å². The first-order valence-corrected chi connectivity index (χ1v) is 10.4. The predicted octanol–water partition coefficient (Wildman–Crippen LogP) is 1.39. The van der Waals surface area contributed by atoms with E-state index in [1.807, 2.05) is 38.1 Å². The van der Waals surface area contributed by atoms with Crippen molar-refractivity contribution >= 4 is 11.7 Å². The molecule has 2 aromatic heterocycles. The summed E-state index contributed by atoms with van der Waals surface area (Å²) in [5, 5.41) is 7.67. The van der Waals surface area contributed by atoms with Gasteiger partial charge in [0.15, 0.2) is 5.82 Å². The molecule has 0 bridgehead atoms. The Morgan fingerprint density at radius 2 is 1.83 bits per heavy atom. The Morgan fingerprint density at radius 3 is 2.57 bits per heavy atom. The second kappa shape index (κ2) is 8.89. The maximum Gasteiger partial charge on any atom is 0.252 e. The van der Waals surface area contributed by atoms with Crippen LogP contribution in [0.25, 0.3) is 5.78 Å². The molecule has 8 heteroatoms. The van der Waals surface area contributed by atoms with Crippen LogP contribution < -0.4 is 5.32 Å². The zero-order valence-corrected chi connectivity index (χ0v) is 17.9. The van der Waals surface area contributed by atoms with E-state index in [1.165, 1.54) is 0 Å². The van der Waals surface area contributed by atoms with E-state index in [1.54, 1.807) is 4.52 Å². The molecule has 3 heterocycles. The van der Waals surface area contributed by atoms with Crippen LogP contribution in [0.3, 0.4) is 0 Å². The largest absolute Gasteiger partial charge is 0.348 e. The maximum absolute atomic E-state index is 12.9. The van der Waals surface area contributed by atoms with E-state index in [-0.39, 0.29) is 18.4 Å². The van der Waals surface area contributed by atoms with E-state index >= 15 is 0 Å². The molecule has 1 aliphatic rings. The molecule has 1 aliphatic heterocycles. The van der Waals surface area contributed by atoms with Crippen LogP contribution in [-0.2, 0) is 11.2 Å². The molecule has 1 aromatic carbocycles. The van der Waals surface area contributed by atoms with Crippen LogP contribution in [-0.4, -0.2) is 75.1 Å². The fraction of sp³-hybridized carbons (Fsp3) is 0.455. The monoisotopic (exact) mass is 407 g/mol. The Bertz CT molecular complexity index is 1010. The second-order valence-electron chi connectivity index (χ2n) is 8.09. The number of carbonyl (C=O) groups is 1. The number of benzene rings is 1. The zero-order valence-electron chi connectivity index (χ0n) is 17.9. The van der Waals surface area contributed by atoms with Crippen molar-refractivity contribution in [3.8, 4) is 0 Å². The molecule has 1 N–H and O–H groups in total. The second-order valence-corrected chi connectivity index (χ2v) is 8.09. The number of fused-ring (bicyclic) bond motifs is 1. The third-order valence-corrected chi connectivity index (χ3v) is 5.55. The Balaban J connectivity index is 1.47. The van der Waals surface area contributed by atoms with Gasteiger partial charge in [0, 0.05) is 44.1 Å². The summed E-state index contributed by atoms with van der Waals surface area (Å²) in [7, 11) is 2.15. The molecule has 0 radical (unpaired) electrons. The Morgan fingerprint density at radius 1 is 1.10 bits per heavy atom. The minimum absolute atomic E-state index is 0.0683. The molecule has 158 valence electrons. The number of aryl methyl sites for hydroxylation is 2. The summed E-state index contributed by atoms with van der Waals surface area (Å²) in [4.78, 5) is 26.5. The summed E-state index contributed by atoms with van der Waals surface area (Å²) in [6.07, 6.45) is 0.133. The Hall–Kier alpha value is -2.84. The normalized spacial score (nSPS) is 16.6. The van der Waals surface area contributed by atoms with Crippen molar-refractivity contribution in [2.75, 3.05) is 39.8 Å².